The summed E-state index contributed by atoms with van der Waals surface area (Å²) in [5.41, 5.74) is 1.65. The number of nitrogens with zero attached hydrogens (tertiary/aromatic N) is 3. The van der Waals surface area contributed by atoms with Crippen LogP contribution in [0.2, 0.25) is 5.02 Å². The molecule has 1 heterocycles. The van der Waals surface area contributed by atoms with E-state index in [0.29, 0.717) is 16.3 Å². The van der Waals surface area contributed by atoms with Crippen LogP contribution >= 0.6 is 11.6 Å². The number of aromatic amines is 1. The van der Waals surface area contributed by atoms with Gasteiger partial charge in [-0.05, 0) is 53.2 Å². The molecule has 4 aromatic rings. The van der Waals surface area contributed by atoms with Crippen LogP contribution in [0.15, 0.2) is 72.8 Å². The zero-order valence-electron chi connectivity index (χ0n) is 19.5. The number of nitrogens with one attached hydrogen (secondary N) is 4. The highest BCUT2D eigenvalue weighted by Crippen LogP contribution is 2.27. The van der Waals surface area contributed by atoms with Crippen LogP contribution in [0.25, 0.3) is 11.4 Å². The average molecular weight is 534 g/mol. The number of carbonyl (C=O) groups is 4. The van der Waals surface area contributed by atoms with Gasteiger partial charge in [0.15, 0.2) is 0 Å². The molecular weight excluding hydrogens is 514 g/mol. The van der Waals surface area contributed by atoms with Crippen LogP contribution in [0.1, 0.15) is 15.9 Å². The topological polar surface area (TPSA) is 179 Å². The van der Waals surface area contributed by atoms with Crippen molar-refractivity contribution < 1.29 is 24.3 Å². The van der Waals surface area contributed by atoms with Crippen molar-refractivity contribution in [1.29, 1.82) is 0 Å². The first-order chi connectivity index (χ1) is 18.3. The van der Waals surface area contributed by atoms with Crippen LogP contribution in [-0.4, -0.2) is 55.5 Å². The van der Waals surface area contributed by atoms with Crippen LogP contribution in [0.3, 0.4) is 0 Å². The molecule has 3 aromatic carbocycles. The van der Waals surface area contributed by atoms with Crippen molar-refractivity contribution in [3.05, 3.63) is 88.9 Å². The van der Waals surface area contributed by atoms with Crippen molar-refractivity contribution in [3.8, 4) is 11.4 Å². The Balaban J connectivity index is 1.50. The molecule has 0 bridgehead atoms. The molecule has 0 radical (unpaired) electrons. The number of carboxylic acid groups (broad SMARTS) is 1. The number of halogens is 1. The highest BCUT2D eigenvalue weighted by molar-refractivity contribution is 6.40. The Morgan fingerprint density at radius 1 is 0.921 bits per heavy atom. The molecule has 1 atom stereocenters. The lowest BCUT2D eigenvalue weighted by molar-refractivity contribution is -0.137. The monoisotopic (exact) mass is 533 g/mol. The van der Waals surface area contributed by atoms with Gasteiger partial charge in [0, 0.05) is 22.7 Å². The minimum Gasteiger partial charge on any atom is -0.478 e. The molecular formula is C25H20ClN7O5. The molecule has 1 aromatic heterocycles. The van der Waals surface area contributed by atoms with Crippen molar-refractivity contribution >= 4 is 46.7 Å². The lowest BCUT2D eigenvalue weighted by atomic mass is 10.0. The number of rotatable bonds is 8. The number of anilines is 2. The second-order valence-corrected chi connectivity index (χ2v) is 8.40. The van der Waals surface area contributed by atoms with Gasteiger partial charge in [0.05, 0.1) is 11.3 Å². The average Bonchev–Trinajstić information content (AvgIpc) is 3.44. The van der Waals surface area contributed by atoms with Gasteiger partial charge >= 0.3 is 17.8 Å². The van der Waals surface area contributed by atoms with E-state index in [-0.39, 0.29) is 23.5 Å². The van der Waals surface area contributed by atoms with Crippen molar-refractivity contribution in [3.63, 3.8) is 0 Å². The number of benzene rings is 3. The fraction of sp³-hybridized carbons (Fsp3) is 0.0800. The van der Waals surface area contributed by atoms with Gasteiger partial charge in [0.1, 0.15) is 6.04 Å². The zero-order chi connectivity index (χ0) is 27.1. The van der Waals surface area contributed by atoms with Gasteiger partial charge in [0.2, 0.25) is 11.7 Å². The Kier molecular flexibility index (Phi) is 8.04. The van der Waals surface area contributed by atoms with Gasteiger partial charge < -0.3 is 21.1 Å². The standard InChI is InChI=1S/C25H20ClN7O5/c26-16-8-11-18(21-30-32-33-31-21)19(13-16)28-23(35)24(36)29-20(12-14-4-2-1-3-5-14)22(34)27-17-9-6-15(7-10-17)25(37)38/h1-11,13,20H,12H2,(H,27,34)(H,28,35)(H,29,36)(H,37,38)(H,30,31,32,33)/t20-/m0/s1. The third kappa shape index (κ3) is 6.56. The van der Waals surface area contributed by atoms with Crippen molar-refractivity contribution in [2.24, 2.45) is 0 Å². The predicted octanol–water partition coefficient (Wildman–Crippen LogP) is 2.52. The molecule has 0 aliphatic rings. The molecule has 4 rings (SSSR count). The number of hydrogen-bond donors (Lipinski definition) is 5. The minimum atomic E-state index is -1.13. The first-order valence-electron chi connectivity index (χ1n) is 11.1. The van der Waals surface area contributed by atoms with E-state index in [0.717, 1.165) is 5.56 Å². The Morgan fingerprint density at radius 3 is 2.32 bits per heavy atom. The van der Waals surface area contributed by atoms with Crippen LogP contribution in [0.4, 0.5) is 11.4 Å². The Hall–Kier alpha value is -5.10. The summed E-state index contributed by atoms with van der Waals surface area (Å²) in [6, 6.07) is 17.8. The van der Waals surface area contributed by atoms with Gasteiger partial charge in [0.25, 0.3) is 0 Å². The van der Waals surface area contributed by atoms with E-state index in [2.05, 4.69) is 36.6 Å². The van der Waals surface area contributed by atoms with Gasteiger partial charge in [-0.2, -0.15) is 5.21 Å². The predicted molar refractivity (Wildman–Crippen MR) is 137 cm³/mol. The van der Waals surface area contributed by atoms with E-state index >= 15 is 0 Å². The smallest absolute Gasteiger partial charge is 0.335 e. The van der Waals surface area contributed by atoms with Crippen molar-refractivity contribution in [2.75, 3.05) is 10.6 Å². The summed E-state index contributed by atoms with van der Waals surface area (Å²) in [5, 5.41) is 30.5. The Labute approximate surface area is 220 Å². The maximum absolute atomic E-state index is 13.1. The van der Waals surface area contributed by atoms with Crippen molar-refractivity contribution in [2.45, 2.75) is 12.5 Å². The normalized spacial score (nSPS) is 11.3. The molecule has 0 aliphatic carbocycles. The molecule has 0 fully saturated rings. The summed E-state index contributed by atoms with van der Waals surface area (Å²) in [6.07, 6.45) is 0.0875. The minimum absolute atomic E-state index is 0.0509. The first kappa shape index (κ1) is 26.0. The highest BCUT2D eigenvalue weighted by Gasteiger charge is 2.26. The van der Waals surface area contributed by atoms with E-state index in [1.807, 2.05) is 0 Å². The maximum atomic E-state index is 13.1. The quantitative estimate of drug-likeness (QED) is 0.214. The lowest BCUT2D eigenvalue weighted by Crippen LogP contribution is -2.48. The second-order valence-electron chi connectivity index (χ2n) is 7.97. The molecule has 0 spiro atoms. The van der Waals surface area contributed by atoms with Gasteiger partial charge in [-0.1, -0.05) is 41.9 Å². The molecule has 0 unspecified atom stereocenters. The van der Waals surface area contributed by atoms with Crippen LogP contribution in [0, 0.1) is 0 Å². The molecule has 0 saturated heterocycles. The number of H-pyrrole nitrogens is 1. The molecule has 0 saturated carbocycles. The number of carboxylic acids is 1. The van der Waals surface area contributed by atoms with Crippen LogP contribution < -0.4 is 16.0 Å². The molecule has 13 heteroatoms. The molecule has 3 amide bonds. The summed E-state index contributed by atoms with van der Waals surface area (Å²) in [7, 11) is 0. The lowest BCUT2D eigenvalue weighted by Gasteiger charge is -2.19. The molecule has 38 heavy (non-hydrogen) atoms. The number of tetrazole rings is 1. The number of aromatic nitrogens is 4. The first-order valence-corrected chi connectivity index (χ1v) is 11.5. The fourth-order valence-corrected chi connectivity index (χ4v) is 3.65. The van der Waals surface area contributed by atoms with E-state index < -0.39 is 29.7 Å². The molecule has 0 aliphatic heterocycles. The summed E-state index contributed by atoms with van der Waals surface area (Å²) in [4.78, 5) is 49.8. The number of hydrogen-bond acceptors (Lipinski definition) is 7. The Bertz CT molecular complexity index is 1460. The maximum Gasteiger partial charge on any atom is 0.335 e. The SMILES string of the molecule is O=C(Nc1cc(Cl)ccc1-c1nn[nH]n1)C(=O)N[C@@H](Cc1ccccc1)C(=O)Nc1ccc(C(=O)O)cc1. The zero-order valence-corrected chi connectivity index (χ0v) is 20.3. The van der Waals surface area contributed by atoms with Crippen LogP contribution in [-0.2, 0) is 20.8 Å². The van der Waals surface area contributed by atoms with E-state index in [4.69, 9.17) is 16.7 Å². The van der Waals surface area contributed by atoms with Gasteiger partial charge in [-0.15, -0.1) is 10.2 Å². The second kappa shape index (κ2) is 11.8. The third-order valence-electron chi connectivity index (χ3n) is 5.33. The van der Waals surface area contributed by atoms with E-state index in [1.54, 1.807) is 42.5 Å². The largest absolute Gasteiger partial charge is 0.478 e. The highest BCUT2D eigenvalue weighted by atomic mass is 35.5. The molecule has 12 nitrogen and oxygen atoms in total. The number of aromatic carboxylic acids is 1. The number of amides is 3. The Morgan fingerprint density at radius 2 is 1.66 bits per heavy atom. The fourth-order valence-electron chi connectivity index (χ4n) is 3.48. The van der Waals surface area contributed by atoms with Crippen molar-refractivity contribution in [1.82, 2.24) is 25.9 Å². The summed E-state index contributed by atoms with van der Waals surface area (Å²) in [6.45, 7) is 0. The van der Waals surface area contributed by atoms with E-state index in [9.17, 15) is 19.2 Å². The summed E-state index contributed by atoms with van der Waals surface area (Å²) in [5.74, 6) is -3.65. The third-order valence-corrected chi connectivity index (χ3v) is 5.56. The summed E-state index contributed by atoms with van der Waals surface area (Å²) < 4.78 is 0. The molecule has 192 valence electrons. The number of carbonyl (C=O) groups excluding carboxylic acids is 3. The van der Waals surface area contributed by atoms with Gasteiger partial charge in [-0.25, -0.2) is 4.79 Å². The molecule has 5 N–H and O–H groups in total. The van der Waals surface area contributed by atoms with Gasteiger partial charge in [-0.3, -0.25) is 14.4 Å². The summed E-state index contributed by atoms with van der Waals surface area (Å²) >= 11 is 6.06. The van der Waals surface area contributed by atoms with Crippen LogP contribution in [0.5, 0.6) is 0 Å². The van der Waals surface area contributed by atoms with E-state index in [1.165, 1.54) is 30.3 Å².